The molecule has 0 aliphatic carbocycles. The molecule has 1 aliphatic rings. The molecular weight excluding hydrogens is 654 g/mol. The third-order valence-electron chi connectivity index (χ3n) is 7.69. The Labute approximate surface area is 293 Å². The first kappa shape index (κ1) is 40.4. The number of aromatic nitrogens is 1. The smallest absolute Gasteiger partial charge is 0.246 e. The van der Waals surface area contributed by atoms with Gasteiger partial charge in [0.2, 0.25) is 17.7 Å². The lowest BCUT2D eigenvalue weighted by atomic mass is 9.85. The van der Waals surface area contributed by atoms with Gasteiger partial charge in [0.05, 0.1) is 81.6 Å². The van der Waals surface area contributed by atoms with E-state index in [1.807, 2.05) is 57.5 Å². The number of amides is 3. The maximum absolute atomic E-state index is 13.8. The highest BCUT2D eigenvalue weighted by atomic mass is 32.1. The Balaban J connectivity index is 1.38. The summed E-state index contributed by atoms with van der Waals surface area (Å²) >= 11 is 1.57. The van der Waals surface area contributed by atoms with Crippen LogP contribution in [-0.2, 0) is 44.6 Å². The Kier molecular flexibility index (Phi) is 17.5. The van der Waals surface area contributed by atoms with E-state index in [-0.39, 0.29) is 45.2 Å². The average Bonchev–Trinajstić information content (AvgIpc) is 3.68. The maximum atomic E-state index is 13.8. The van der Waals surface area contributed by atoms with Gasteiger partial charge >= 0.3 is 0 Å². The largest absolute Gasteiger partial charge is 0.391 e. The Morgan fingerprint density at radius 1 is 0.959 bits per heavy atom. The Hall–Kier alpha value is -3.02. The van der Waals surface area contributed by atoms with E-state index in [0.717, 1.165) is 21.7 Å². The third-order valence-corrected chi connectivity index (χ3v) is 8.67. The van der Waals surface area contributed by atoms with E-state index < -0.39 is 35.4 Å². The maximum Gasteiger partial charge on any atom is 0.246 e. The molecule has 3 rings (SSSR count). The van der Waals surface area contributed by atoms with Crippen molar-refractivity contribution in [1.82, 2.24) is 20.5 Å². The summed E-state index contributed by atoms with van der Waals surface area (Å²) in [5.41, 5.74) is 9.40. The van der Waals surface area contributed by atoms with Crippen LogP contribution >= 0.6 is 11.3 Å². The number of hydrogen-bond donors (Lipinski definition) is 4. The molecule has 1 unspecified atom stereocenters. The molecule has 15 heteroatoms. The van der Waals surface area contributed by atoms with Crippen LogP contribution in [0.3, 0.4) is 0 Å². The summed E-state index contributed by atoms with van der Waals surface area (Å²) in [4.78, 5) is 46.6. The summed E-state index contributed by atoms with van der Waals surface area (Å²) in [5, 5.41) is 16.1. The number of ether oxygens (including phenoxy) is 5. The average molecular weight is 708 g/mol. The molecule has 1 aliphatic heterocycles. The second-order valence-corrected chi connectivity index (χ2v) is 13.6. The summed E-state index contributed by atoms with van der Waals surface area (Å²) in [6.45, 7) is 11.6. The molecule has 3 atom stereocenters. The number of aryl methyl sites for hydroxylation is 1. The quantitative estimate of drug-likeness (QED) is 0.129. The van der Waals surface area contributed by atoms with Crippen molar-refractivity contribution in [2.75, 3.05) is 79.2 Å². The number of aliphatic hydroxyl groups excluding tert-OH is 1. The molecule has 2 aromatic rings. The van der Waals surface area contributed by atoms with Crippen LogP contribution in [0.15, 0.2) is 29.8 Å². The van der Waals surface area contributed by atoms with Crippen LogP contribution in [0, 0.1) is 12.3 Å². The van der Waals surface area contributed by atoms with Crippen molar-refractivity contribution in [2.24, 2.45) is 11.1 Å². The van der Waals surface area contributed by atoms with Gasteiger partial charge in [-0.25, -0.2) is 4.98 Å². The second kappa shape index (κ2) is 21.3. The molecule has 3 amide bonds. The van der Waals surface area contributed by atoms with E-state index in [9.17, 15) is 19.5 Å². The number of nitrogens with one attached hydrogen (secondary N) is 2. The van der Waals surface area contributed by atoms with Crippen LogP contribution in [-0.4, -0.2) is 130 Å². The summed E-state index contributed by atoms with van der Waals surface area (Å²) in [6, 6.07) is 6.06. The minimum absolute atomic E-state index is 0.00294. The fourth-order valence-corrected chi connectivity index (χ4v) is 5.92. The van der Waals surface area contributed by atoms with Gasteiger partial charge in [-0.15, -0.1) is 11.3 Å². The van der Waals surface area contributed by atoms with Gasteiger partial charge in [-0.1, -0.05) is 45.0 Å². The van der Waals surface area contributed by atoms with Crippen molar-refractivity contribution >= 4 is 29.1 Å². The van der Waals surface area contributed by atoms with Crippen LogP contribution in [0.4, 0.5) is 0 Å². The van der Waals surface area contributed by atoms with Crippen LogP contribution in [0.1, 0.15) is 38.4 Å². The van der Waals surface area contributed by atoms with E-state index in [1.54, 1.807) is 11.3 Å². The summed E-state index contributed by atoms with van der Waals surface area (Å²) in [5.74, 6) is -1.27. The number of benzene rings is 1. The van der Waals surface area contributed by atoms with Gasteiger partial charge in [-0.05, 0) is 23.5 Å². The highest BCUT2D eigenvalue weighted by Gasteiger charge is 2.44. The Morgan fingerprint density at radius 2 is 1.53 bits per heavy atom. The monoisotopic (exact) mass is 707 g/mol. The lowest BCUT2D eigenvalue weighted by Gasteiger charge is -2.35. The van der Waals surface area contributed by atoms with Crippen molar-refractivity contribution in [2.45, 2.75) is 58.8 Å². The molecule has 0 bridgehead atoms. The van der Waals surface area contributed by atoms with E-state index in [4.69, 9.17) is 29.4 Å². The zero-order valence-electron chi connectivity index (χ0n) is 29.1. The highest BCUT2D eigenvalue weighted by molar-refractivity contribution is 7.13. The molecule has 14 nitrogen and oxygen atoms in total. The molecule has 0 saturated carbocycles. The van der Waals surface area contributed by atoms with Crippen molar-refractivity contribution < 1.29 is 43.2 Å². The first-order valence-corrected chi connectivity index (χ1v) is 17.5. The minimum Gasteiger partial charge on any atom is -0.391 e. The first-order valence-electron chi connectivity index (χ1n) is 16.6. The second-order valence-electron chi connectivity index (χ2n) is 12.7. The zero-order valence-corrected chi connectivity index (χ0v) is 29.9. The molecule has 274 valence electrons. The number of rotatable bonds is 22. The number of carbonyl (C=O) groups is 3. The zero-order chi connectivity index (χ0) is 35.6. The van der Waals surface area contributed by atoms with Gasteiger partial charge in [-0.3, -0.25) is 14.4 Å². The summed E-state index contributed by atoms with van der Waals surface area (Å²) < 4.78 is 26.9. The van der Waals surface area contributed by atoms with Crippen LogP contribution < -0.4 is 16.4 Å². The Morgan fingerprint density at radius 3 is 2.06 bits per heavy atom. The number of hydrogen-bond acceptors (Lipinski definition) is 12. The third kappa shape index (κ3) is 14.0. The topological polar surface area (TPSA) is 184 Å². The first-order chi connectivity index (χ1) is 23.5. The van der Waals surface area contributed by atoms with Crippen molar-refractivity contribution in [3.8, 4) is 10.4 Å². The molecule has 2 heterocycles. The van der Waals surface area contributed by atoms with Crippen molar-refractivity contribution in [1.29, 1.82) is 0 Å². The molecule has 49 heavy (non-hydrogen) atoms. The molecule has 1 fully saturated rings. The van der Waals surface area contributed by atoms with Crippen LogP contribution in [0.25, 0.3) is 10.4 Å². The van der Waals surface area contributed by atoms with Gasteiger partial charge < -0.3 is 50.1 Å². The lowest BCUT2D eigenvalue weighted by Crippen LogP contribution is -2.58. The van der Waals surface area contributed by atoms with E-state index >= 15 is 0 Å². The van der Waals surface area contributed by atoms with E-state index in [2.05, 4.69) is 15.6 Å². The number of thiazole rings is 1. The molecule has 0 radical (unpaired) electrons. The molecule has 0 spiro atoms. The molecule has 5 N–H and O–H groups in total. The van der Waals surface area contributed by atoms with Gasteiger partial charge in [0, 0.05) is 26.1 Å². The lowest BCUT2D eigenvalue weighted by molar-refractivity contribution is -0.144. The standard InChI is InChI=1S/C34H53N5O9S/c1-24-30(49-23-37-24)26-7-5-25(6-8-26)20-36-32(42)28-19-27(40)21-39(28)33(43)31(34(2,3)4)38-29(41)22-48-18-17-47-16-15-46-14-13-45-12-11-44-10-9-35/h5-8,23,27-28,31,40H,9-22,35H2,1-4H3,(H,36,42)(H,38,41)/t27-,28+,31?/m0/s1. The number of likely N-dealkylation sites (tertiary alicyclic amines) is 1. The molecular formula is C34H53N5O9S. The van der Waals surface area contributed by atoms with Gasteiger partial charge in [0.1, 0.15) is 18.7 Å². The fraction of sp³-hybridized carbons (Fsp3) is 0.647. The van der Waals surface area contributed by atoms with Gasteiger partial charge in [-0.2, -0.15) is 0 Å². The van der Waals surface area contributed by atoms with Gasteiger partial charge in [0.25, 0.3) is 0 Å². The molecule has 1 aromatic carbocycles. The number of carbonyl (C=O) groups excluding carboxylic acids is 3. The predicted molar refractivity (Wildman–Crippen MR) is 185 cm³/mol. The Bertz CT molecular complexity index is 1290. The minimum atomic E-state index is -0.942. The number of nitrogens with two attached hydrogens (primary N) is 1. The molecule has 1 saturated heterocycles. The SMILES string of the molecule is Cc1ncsc1-c1ccc(CNC(=O)[C@H]2C[C@H](O)CN2C(=O)C(NC(=O)COCCOCCOCCOCCOCCN)C(C)(C)C)cc1. The summed E-state index contributed by atoms with van der Waals surface area (Å²) in [6.07, 6.45) is -0.745. The van der Waals surface area contributed by atoms with Gasteiger partial charge in [0.15, 0.2) is 0 Å². The van der Waals surface area contributed by atoms with E-state index in [0.29, 0.717) is 52.8 Å². The number of aliphatic hydroxyl groups is 1. The fourth-order valence-electron chi connectivity index (χ4n) is 5.11. The van der Waals surface area contributed by atoms with Crippen molar-refractivity contribution in [3.63, 3.8) is 0 Å². The van der Waals surface area contributed by atoms with Crippen molar-refractivity contribution in [3.05, 3.63) is 41.0 Å². The van der Waals surface area contributed by atoms with E-state index in [1.165, 1.54) is 4.90 Å². The summed E-state index contributed by atoms with van der Waals surface area (Å²) in [7, 11) is 0. The normalized spacial score (nSPS) is 16.9. The van der Waals surface area contributed by atoms with Crippen LogP contribution in [0.5, 0.6) is 0 Å². The predicted octanol–water partition coefficient (Wildman–Crippen LogP) is 1.27. The number of β-amino-alcohol motifs (C(OH)–C–C–N with tert-alkyl or cyclic N) is 1. The number of nitrogens with zero attached hydrogens (tertiary/aromatic N) is 2. The highest BCUT2D eigenvalue weighted by Crippen LogP contribution is 2.28. The van der Waals surface area contributed by atoms with Crippen LogP contribution in [0.2, 0.25) is 0 Å². The molecule has 1 aromatic heterocycles.